The van der Waals surface area contributed by atoms with Crippen molar-refractivity contribution in [1.82, 2.24) is 4.98 Å². The Hall–Kier alpha value is -3.55. The molecule has 1 aromatic heterocycles. The van der Waals surface area contributed by atoms with Crippen LogP contribution in [0.1, 0.15) is 57.6 Å². The van der Waals surface area contributed by atoms with Crippen molar-refractivity contribution in [3.8, 4) is 5.75 Å². The maximum Gasteiger partial charge on any atom is 0.427 e. The van der Waals surface area contributed by atoms with Gasteiger partial charge in [0.15, 0.2) is 0 Å². The smallest absolute Gasteiger partial charge is 0.427 e. The van der Waals surface area contributed by atoms with E-state index in [0.29, 0.717) is 32.4 Å². The van der Waals surface area contributed by atoms with Crippen LogP contribution in [-0.2, 0) is 19.6 Å². The molecule has 40 heavy (non-hydrogen) atoms. The molecule has 2 saturated carbocycles. The van der Waals surface area contributed by atoms with Crippen LogP contribution < -0.4 is 14.4 Å². The number of nitrogens with zero attached hydrogens (tertiary/aromatic N) is 2. The first-order chi connectivity index (χ1) is 18.6. The van der Waals surface area contributed by atoms with Crippen LogP contribution in [0.5, 0.6) is 5.75 Å². The number of benzene rings is 1. The number of amides is 1. The topological polar surface area (TPSA) is 135 Å². The number of carboxylic acid groups (broad SMARTS) is 1. The summed E-state index contributed by atoms with van der Waals surface area (Å²) >= 11 is 0. The van der Waals surface area contributed by atoms with Gasteiger partial charge >= 0.3 is 18.2 Å². The SMILES string of the molecule is CC(C)(OC(=O)Nc1ccc2c(c1)N(S(=O)(=O)c1ccnc(C3CC3)c1)CC(CC1(C(=O)O)CC1)O2)C(F)(F)F. The molecular weight excluding hydrogens is 555 g/mol. The molecule has 1 unspecified atom stereocenters. The summed E-state index contributed by atoms with van der Waals surface area (Å²) < 4.78 is 79.0. The maximum absolute atomic E-state index is 13.9. The minimum atomic E-state index is -4.81. The van der Waals surface area contributed by atoms with Crippen molar-refractivity contribution in [2.75, 3.05) is 16.2 Å². The fraction of sp³-hybridized carbons (Fsp3) is 0.500. The van der Waals surface area contributed by atoms with Crippen molar-refractivity contribution in [2.45, 2.75) is 74.6 Å². The number of nitrogens with one attached hydrogen (secondary N) is 1. The molecule has 2 heterocycles. The Bertz CT molecular complexity index is 1450. The lowest BCUT2D eigenvalue weighted by molar-refractivity contribution is -0.242. The van der Waals surface area contributed by atoms with Gasteiger partial charge in [0.2, 0.25) is 5.60 Å². The number of hydrogen-bond acceptors (Lipinski definition) is 7. The van der Waals surface area contributed by atoms with E-state index < -0.39 is 45.4 Å². The van der Waals surface area contributed by atoms with Gasteiger partial charge in [0.05, 0.1) is 22.5 Å². The van der Waals surface area contributed by atoms with Crippen molar-refractivity contribution in [3.63, 3.8) is 0 Å². The average molecular weight is 584 g/mol. The second-order valence-electron chi connectivity index (χ2n) is 11.0. The van der Waals surface area contributed by atoms with Gasteiger partial charge in [0, 0.05) is 29.9 Å². The molecule has 10 nitrogen and oxygen atoms in total. The first-order valence-corrected chi connectivity index (χ1v) is 14.1. The van der Waals surface area contributed by atoms with E-state index in [1.807, 2.05) is 0 Å². The van der Waals surface area contributed by atoms with Gasteiger partial charge in [-0.15, -0.1) is 0 Å². The lowest BCUT2D eigenvalue weighted by atomic mass is 9.97. The van der Waals surface area contributed by atoms with Gasteiger partial charge < -0.3 is 14.6 Å². The van der Waals surface area contributed by atoms with Crippen molar-refractivity contribution in [1.29, 1.82) is 0 Å². The Kier molecular flexibility index (Phi) is 6.67. The molecule has 14 heteroatoms. The number of alkyl halides is 3. The third kappa shape index (κ3) is 5.40. The molecule has 1 atom stereocenters. The Balaban J connectivity index is 1.47. The minimum Gasteiger partial charge on any atom is -0.486 e. The van der Waals surface area contributed by atoms with E-state index in [9.17, 15) is 36.3 Å². The van der Waals surface area contributed by atoms with E-state index in [2.05, 4.69) is 15.0 Å². The highest BCUT2D eigenvalue weighted by molar-refractivity contribution is 7.92. The third-order valence-corrected chi connectivity index (χ3v) is 9.21. The summed E-state index contributed by atoms with van der Waals surface area (Å²) in [5.74, 6) is -0.667. The van der Waals surface area contributed by atoms with Gasteiger partial charge in [0.25, 0.3) is 10.0 Å². The van der Waals surface area contributed by atoms with Crippen LogP contribution in [-0.4, -0.2) is 55.0 Å². The van der Waals surface area contributed by atoms with Gasteiger partial charge in [-0.25, -0.2) is 13.2 Å². The highest BCUT2D eigenvalue weighted by Crippen LogP contribution is 2.52. The van der Waals surface area contributed by atoms with E-state index in [-0.39, 0.29) is 40.9 Å². The monoisotopic (exact) mass is 583 g/mol. The van der Waals surface area contributed by atoms with Crippen LogP contribution in [0.15, 0.2) is 41.4 Å². The van der Waals surface area contributed by atoms with Gasteiger partial charge in [-0.05, 0) is 69.9 Å². The summed E-state index contributed by atoms with van der Waals surface area (Å²) in [5.41, 5.74) is -3.08. The summed E-state index contributed by atoms with van der Waals surface area (Å²) in [5, 5.41) is 11.9. The zero-order valence-electron chi connectivity index (χ0n) is 21.7. The number of halogens is 3. The van der Waals surface area contributed by atoms with Gasteiger partial charge in [-0.3, -0.25) is 19.4 Å². The summed E-state index contributed by atoms with van der Waals surface area (Å²) in [6.45, 7) is 1.20. The van der Waals surface area contributed by atoms with E-state index in [4.69, 9.17) is 4.74 Å². The number of aromatic nitrogens is 1. The number of carbonyl (C=O) groups is 2. The van der Waals surface area contributed by atoms with Crippen molar-refractivity contribution < 1.29 is 45.8 Å². The normalized spacial score (nSPS) is 20.2. The Morgan fingerprint density at radius 3 is 2.50 bits per heavy atom. The number of sulfonamides is 1. The summed E-state index contributed by atoms with van der Waals surface area (Å²) in [7, 11) is -4.21. The van der Waals surface area contributed by atoms with Gasteiger partial charge in [-0.1, -0.05) is 0 Å². The van der Waals surface area contributed by atoms with Crippen LogP contribution in [0.2, 0.25) is 0 Å². The molecule has 1 aliphatic heterocycles. The summed E-state index contributed by atoms with van der Waals surface area (Å²) in [4.78, 5) is 28.3. The van der Waals surface area contributed by atoms with E-state index in [1.165, 1.54) is 36.5 Å². The van der Waals surface area contributed by atoms with Crippen LogP contribution in [0.3, 0.4) is 0 Å². The Morgan fingerprint density at radius 1 is 1.20 bits per heavy atom. The quantitative estimate of drug-likeness (QED) is 0.440. The molecule has 216 valence electrons. The second-order valence-corrected chi connectivity index (χ2v) is 12.8. The van der Waals surface area contributed by atoms with Crippen LogP contribution in [0, 0.1) is 5.41 Å². The zero-order valence-corrected chi connectivity index (χ0v) is 22.5. The van der Waals surface area contributed by atoms with E-state index in [1.54, 1.807) is 0 Å². The van der Waals surface area contributed by atoms with Crippen molar-refractivity contribution >= 4 is 33.5 Å². The number of carbonyl (C=O) groups excluding carboxylic acids is 1. The molecule has 2 aromatic rings. The fourth-order valence-electron chi connectivity index (χ4n) is 4.57. The van der Waals surface area contributed by atoms with Crippen molar-refractivity contribution in [3.05, 3.63) is 42.2 Å². The summed E-state index contributed by atoms with van der Waals surface area (Å²) in [6.07, 6.45) is -2.73. The Morgan fingerprint density at radius 2 is 1.90 bits per heavy atom. The van der Waals surface area contributed by atoms with Crippen molar-refractivity contribution in [2.24, 2.45) is 5.41 Å². The Labute approximate surface area is 228 Å². The minimum absolute atomic E-state index is 0.0138. The number of carboxylic acids is 1. The van der Waals surface area contributed by atoms with E-state index >= 15 is 0 Å². The number of hydrogen-bond donors (Lipinski definition) is 2. The number of aliphatic carboxylic acids is 1. The number of ether oxygens (including phenoxy) is 2. The number of pyridine rings is 1. The predicted octanol–water partition coefficient (Wildman–Crippen LogP) is 5.06. The molecule has 1 aromatic carbocycles. The average Bonchev–Trinajstić information content (AvgIpc) is 3.78. The first kappa shape index (κ1) is 28.0. The van der Waals surface area contributed by atoms with Gasteiger partial charge in [-0.2, -0.15) is 13.2 Å². The predicted molar refractivity (Wildman–Crippen MR) is 136 cm³/mol. The molecule has 0 spiro atoms. The number of rotatable bonds is 8. The molecule has 2 N–H and O–H groups in total. The largest absolute Gasteiger partial charge is 0.486 e. The molecule has 0 bridgehead atoms. The third-order valence-electron chi connectivity index (χ3n) is 7.43. The zero-order chi connectivity index (χ0) is 29.1. The molecule has 3 aliphatic rings. The molecular formula is C26H28F3N3O7S. The second kappa shape index (κ2) is 9.53. The van der Waals surface area contributed by atoms with Gasteiger partial charge in [0.1, 0.15) is 11.9 Å². The van der Waals surface area contributed by atoms with E-state index in [0.717, 1.165) is 17.1 Å². The molecule has 0 radical (unpaired) electrons. The highest BCUT2D eigenvalue weighted by Gasteiger charge is 2.53. The molecule has 5 rings (SSSR count). The highest BCUT2D eigenvalue weighted by atomic mass is 32.2. The molecule has 2 aliphatic carbocycles. The lowest BCUT2D eigenvalue weighted by Crippen LogP contribution is -2.45. The summed E-state index contributed by atoms with van der Waals surface area (Å²) in [6, 6.07) is 6.84. The first-order valence-electron chi connectivity index (χ1n) is 12.7. The fourth-order valence-corrected chi connectivity index (χ4v) is 6.09. The molecule has 0 saturated heterocycles. The number of fused-ring (bicyclic) bond motifs is 1. The molecule has 2 fully saturated rings. The lowest BCUT2D eigenvalue weighted by Gasteiger charge is -2.36. The maximum atomic E-state index is 13.9. The standard InChI is InChI=1S/C26H28F3N3O7S/c1-24(2,26(27,28)29)39-23(35)31-16-5-6-21-20(11-16)32(14-17(38-21)13-25(8-9-25)22(33)34)40(36,37)18-7-10-30-19(12-18)15-3-4-15/h5-7,10-12,15,17H,3-4,8-9,13-14H2,1-2H3,(H,31,35)(H,33,34). The van der Waals surface area contributed by atoms with Crippen LogP contribution in [0.4, 0.5) is 29.3 Å². The number of anilines is 2. The van der Waals surface area contributed by atoms with Crippen LogP contribution >= 0.6 is 0 Å². The van der Waals surface area contributed by atoms with Crippen LogP contribution in [0.25, 0.3) is 0 Å². The molecule has 1 amide bonds.